The van der Waals surface area contributed by atoms with Crippen molar-refractivity contribution in [1.82, 2.24) is 29.8 Å². The molecule has 1 aliphatic heterocycles. The molecule has 3 heterocycles. The number of nitrogens with zero attached hydrogens (tertiary/aromatic N) is 6. The zero-order valence-corrected chi connectivity index (χ0v) is 13.1. The number of hydrogen-bond donors (Lipinski definition) is 1. The van der Waals surface area contributed by atoms with E-state index in [9.17, 15) is 5.11 Å². The van der Waals surface area contributed by atoms with Crippen LogP contribution in [0.15, 0.2) is 10.9 Å². The van der Waals surface area contributed by atoms with E-state index in [1.54, 1.807) is 13.3 Å². The summed E-state index contributed by atoms with van der Waals surface area (Å²) in [6, 6.07) is 0. The van der Waals surface area contributed by atoms with Gasteiger partial charge in [0.15, 0.2) is 5.82 Å². The van der Waals surface area contributed by atoms with Crippen LogP contribution >= 0.6 is 0 Å². The highest BCUT2D eigenvalue weighted by Crippen LogP contribution is 2.25. The Hall–Kier alpha value is -1.80. The van der Waals surface area contributed by atoms with E-state index in [0.29, 0.717) is 31.2 Å². The maximum atomic E-state index is 10.8. The third-order valence-electron chi connectivity index (χ3n) is 4.04. The van der Waals surface area contributed by atoms with Crippen molar-refractivity contribution in [3.05, 3.63) is 23.9 Å². The van der Waals surface area contributed by atoms with Crippen LogP contribution < -0.4 is 0 Å². The lowest BCUT2D eigenvalue weighted by molar-refractivity contribution is -0.0382. The molecule has 0 saturated carbocycles. The molecule has 1 unspecified atom stereocenters. The fraction of sp³-hybridized carbons (Fsp3) is 0.714. The van der Waals surface area contributed by atoms with Crippen LogP contribution in [0.4, 0.5) is 0 Å². The minimum Gasteiger partial charge on any atom is -0.388 e. The molecule has 120 valence electrons. The van der Waals surface area contributed by atoms with Crippen LogP contribution in [0.25, 0.3) is 0 Å². The zero-order valence-electron chi connectivity index (χ0n) is 13.1. The third kappa shape index (κ3) is 3.33. The lowest BCUT2D eigenvalue weighted by Crippen LogP contribution is -2.49. The highest BCUT2D eigenvalue weighted by molar-refractivity contribution is 4.97. The predicted octanol–water partition coefficient (Wildman–Crippen LogP) is 0.559. The highest BCUT2D eigenvalue weighted by Gasteiger charge is 2.35. The molecule has 0 spiro atoms. The van der Waals surface area contributed by atoms with Gasteiger partial charge in [0.05, 0.1) is 18.6 Å². The molecule has 1 fully saturated rings. The Morgan fingerprint density at radius 2 is 2.32 bits per heavy atom. The summed E-state index contributed by atoms with van der Waals surface area (Å²) >= 11 is 0. The smallest absolute Gasteiger partial charge is 0.229 e. The molecule has 8 heteroatoms. The first-order chi connectivity index (χ1) is 10.6. The first-order valence-electron chi connectivity index (χ1n) is 7.68. The maximum Gasteiger partial charge on any atom is 0.229 e. The summed E-state index contributed by atoms with van der Waals surface area (Å²) in [7, 11) is 0. The van der Waals surface area contributed by atoms with Gasteiger partial charge in [-0.3, -0.25) is 4.90 Å². The molecule has 22 heavy (non-hydrogen) atoms. The van der Waals surface area contributed by atoms with E-state index in [2.05, 4.69) is 25.1 Å². The molecule has 2 aromatic rings. The van der Waals surface area contributed by atoms with E-state index >= 15 is 0 Å². The van der Waals surface area contributed by atoms with E-state index in [4.69, 9.17) is 4.52 Å². The first kappa shape index (κ1) is 15.1. The number of hydrogen-bond acceptors (Lipinski definition) is 7. The topological polar surface area (TPSA) is 93.1 Å². The van der Waals surface area contributed by atoms with Gasteiger partial charge < -0.3 is 9.63 Å². The Balaban J connectivity index is 1.65. The SMILES string of the molecule is CCn1ncnc1CN1CCCC(O)(Cc2nc(C)no2)C1. The van der Waals surface area contributed by atoms with Crippen molar-refractivity contribution in [2.45, 2.75) is 51.8 Å². The molecular weight excluding hydrogens is 284 g/mol. The van der Waals surface area contributed by atoms with Gasteiger partial charge >= 0.3 is 0 Å². The molecule has 0 aromatic carbocycles. The van der Waals surface area contributed by atoms with Crippen LogP contribution in [-0.4, -0.2) is 53.6 Å². The van der Waals surface area contributed by atoms with E-state index in [1.165, 1.54) is 0 Å². The molecule has 1 aliphatic rings. The molecule has 0 amide bonds. The van der Waals surface area contributed by atoms with Gasteiger partial charge in [0.2, 0.25) is 5.89 Å². The van der Waals surface area contributed by atoms with Gasteiger partial charge in [0, 0.05) is 13.1 Å². The molecular formula is C14H22N6O2. The molecule has 2 aromatic heterocycles. The fourth-order valence-corrected chi connectivity index (χ4v) is 3.05. The Morgan fingerprint density at radius 1 is 1.45 bits per heavy atom. The largest absolute Gasteiger partial charge is 0.388 e. The van der Waals surface area contributed by atoms with Crippen molar-refractivity contribution in [3.8, 4) is 0 Å². The Morgan fingerprint density at radius 3 is 3.05 bits per heavy atom. The van der Waals surface area contributed by atoms with Crippen molar-refractivity contribution in [2.24, 2.45) is 0 Å². The normalized spacial score (nSPS) is 23.0. The summed E-state index contributed by atoms with van der Waals surface area (Å²) < 4.78 is 7.03. The lowest BCUT2D eigenvalue weighted by atomic mass is 9.89. The average molecular weight is 306 g/mol. The Bertz CT molecular complexity index is 624. The minimum absolute atomic E-state index is 0.394. The molecule has 0 bridgehead atoms. The summed E-state index contributed by atoms with van der Waals surface area (Å²) in [5.41, 5.74) is -0.825. The Kier molecular flexibility index (Phi) is 4.21. The van der Waals surface area contributed by atoms with Gasteiger partial charge in [-0.25, -0.2) is 9.67 Å². The summed E-state index contributed by atoms with van der Waals surface area (Å²) in [4.78, 5) is 10.7. The summed E-state index contributed by atoms with van der Waals surface area (Å²) in [5, 5.41) is 18.8. The van der Waals surface area contributed by atoms with Gasteiger partial charge in [-0.05, 0) is 33.2 Å². The number of rotatable bonds is 5. The lowest BCUT2D eigenvalue weighted by Gasteiger charge is -2.38. The predicted molar refractivity (Wildman–Crippen MR) is 77.9 cm³/mol. The molecule has 0 aliphatic carbocycles. The van der Waals surface area contributed by atoms with E-state index in [0.717, 1.165) is 31.8 Å². The van der Waals surface area contributed by atoms with Gasteiger partial charge in [-0.2, -0.15) is 10.1 Å². The number of aryl methyl sites for hydroxylation is 2. The van der Waals surface area contributed by atoms with Crippen molar-refractivity contribution in [2.75, 3.05) is 13.1 Å². The minimum atomic E-state index is -0.825. The second kappa shape index (κ2) is 6.13. The maximum absolute atomic E-state index is 10.8. The van der Waals surface area contributed by atoms with Crippen molar-refractivity contribution in [3.63, 3.8) is 0 Å². The van der Waals surface area contributed by atoms with E-state index in [1.807, 2.05) is 11.6 Å². The summed E-state index contributed by atoms with van der Waals surface area (Å²) in [6.07, 6.45) is 3.65. The van der Waals surface area contributed by atoms with Gasteiger partial charge in [-0.1, -0.05) is 5.16 Å². The van der Waals surface area contributed by atoms with Gasteiger partial charge in [0.1, 0.15) is 12.2 Å². The number of piperidine rings is 1. The van der Waals surface area contributed by atoms with Crippen LogP contribution in [0.3, 0.4) is 0 Å². The molecule has 8 nitrogen and oxygen atoms in total. The van der Waals surface area contributed by atoms with Gasteiger partial charge in [0.25, 0.3) is 0 Å². The van der Waals surface area contributed by atoms with E-state index < -0.39 is 5.60 Å². The van der Waals surface area contributed by atoms with Crippen molar-refractivity contribution < 1.29 is 9.63 Å². The standard InChI is InChI=1S/C14H22N6O2/c1-3-20-12(15-10-16-20)8-19-6-4-5-14(21,9-19)7-13-17-11(2)18-22-13/h10,21H,3-9H2,1-2H3. The van der Waals surface area contributed by atoms with Crippen LogP contribution in [0, 0.1) is 6.92 Å². The summed E-state index contributed by atoms with van der Waals surface area (Å²) in [6.45, 7) is 6.84. The van der Waals surface area contributed by atoms with Crippen molar-refractivity contribution >= 4 is 0 Å². The second-order valence-corrected chi connectivity index (χ2v) is 5.94. The molecule has 0 radical (unpaired) electrons. The Labute approximate surface area is 129 Å². The van der Waals surface area contributed by atoms with Crippen LogP contribution in [0.5, 0.6) is 0 Å². The molecule has 1 atom stereocenters. The fourth-order valence-electron chi connectivity index (χ4n) is 3.05. The molecule has 1 N–H and O–H groups in total. The van der Waals surface area contributed by atoms with Gasteiger partial charge in [-0.15, -0.1) is 0 Å². The van der Waals surface area contributed by atoms with Crippen molar-refractivity contribution in [1.29, 1.82) is 0 Å². The highest BCUT2D eigenvalue weighted by atomic mass is 16.5. The zero-order chi connectivity index (χ0) is 15.6. The average Bonchev–Trinajstić information content (AvgIpc) is 3.07. The van der Waals surface area contributed by atoms with Crippen LogP contribution in [-0.2, 0) is 19.5 Å². The number of aliphatic hydroxyl groups is 1. The molecule has 3 rings (SSSR count). The second-order valence-electron chi connectivity index (χ2n) is 5.94. The number of likely N-dealkylation sites (tertiary alicyclic amines) is 1. The number of aromatic nitrogens is 5. The first-order valence-corrected chi connectivity index (χ1v) is 7.68. The quantitative estimate of drug-likeness (QED) is 0.862. The van der Waals surface area contributed by atoms with Crippen LogP contribution in [0.1, 0.15) is 37.3 Å². The monoisotopic (exact) mass is 306 g/mol. The summed E-state index contributed by atoms with van der Waals surface area (Å²) in [5.74, 6) is 2.03. The number of β-amino-alcohol motifs (C(OH)–C–C–N with tert-alkyl or cyclic N) is 1. The van der Waals surface area contributed by atoms with E-state index in [-0.39, 0.29) is 0 Å². The molecule has 1 saturated heterocycles. The third-order valence-corrected chi connectivity index (χ3v) is 4.04. The van der Waals surface area contributed by atoms with Crippen LogP contribution in [0.2, 0.25) is 0 Å².